The van der Waals surface area contributed by atoms with Crippen LogP contribution < -0.4 is 4.90 Å². The summed E-state index contributed by atoms with van der Waals surface area (Å²) in [5.74, 6) is 0.00223. The summed E-state index contributed by atoms with van der Waals surface area (Å²) in [6.45, 7) is 6.14. The molecule has 0 N–H and O–H groups in total. The van der Waals surface area contributed by atoms with Gasteiger partial charge in [0.2, 0.25) is 0 Å². The highest BCUT2D eigenvalue weighted by molar-refractivity contribution is 7.13. The first-order chi connectivity index (χ1) is 12.9. The molecule has 1 aromatic heterocycles. The maximum atomic E-state index is 13.6. The molecule has 2 heterocycles. The monoisotopic (exact) mass is 393 g/mol. The molecule has 7 heteroatoms. The number of rotatable bonds is 3. The van der Waals surface area contributed by atoms with E-state index < -0.39 is 11.6 Å². The summed E-state index contributed by atoms with van der Waals surface area (Å²) in [6, 6.07) is -0.278. The van der Waals surface area contributed by atoms with Crippen molar-refractivity contribution in [2.24, 2.45) is 0 Å². The smallest absolute Gasteiger partial charge is 0.410 e. The van der Waals surface area contributed by atoms with E-state index in [0.29, 0.717) is 13.0 Å². The summed E-state index contributed by atoms with van der Waals surface area (Å²) in [6.07, 6.45) is 9.42. The van der Waals surface area contributed by atoms with Crippen molar-refractivity contribution >= 4 is 28.5 Å². The van der Waals surface area contributed by atoms with Gasteiger partial charge < -0.3 is 4.74 Å². The number of thiazole rings is 1. The van der Waals surface area contributed by atoms with Gasteiger partial charge >= 0.3 is 6.09 Å². The third-order valence-electron chi connectivity index (χ3n) is 5.22. The third-order valence-corrected chi connectivity index (χ3v) is 5.99. The molecule has 1 aliphatic carbocycles. The van der Waals surface area contributed by atoms with E-state index in [-0.39, 0.29) is 18.0 Å². The molecule has 0 spiro atoms. The van der Waals surface area contributed by atoms with Crippen molar-refractivity contribution in [3.63, 3.8) is 0 Å². The van der Waals surface area contributed by atoms with E-state index in [4.69, 9.17) is 4.74 Å². The molecule has 0 radical (unpaired) electrons. The lowest BCUT2D eigenvalue weighted by atomic mass is 9.93. The Bertz CT molecular complexity index is 635. The van der Waals surface area contributed by atoms with Gasteiger partial charge in [0.05, 0.1) is 0 Å². The van der Waals surface area contributed by atoms with Gasteiger partial charge in [0, 0.05) is 24.2 Å². The molecule has 1 atom stereocenters. The van der Waals surface area contributed by atoms with E-state index in [1.165, 1.54) is 17.8 Å². The fourth-order valence-corrected chi connectivity index (χ4v) is 4.71. The topological polar surface area (TPSA) is 62.7 Å². The largest absolute Gasteiger partial charge is 0.444 e. The van der Waals surface area contributed by atoms with Gasteiger partial charge in [0.15, 0.2) is 5.13 Å². The van der Waals surface area contributed by atoms with Crippen molar-refractivity contribution in [2.45, 2.75) is 89.8 Å². The maximum Gasteiger partial charge on any atom is 0.410 e. The standard InChI is InChI=1S/C20H31N3O3S/c1-20(2,3)26-19(25)22-13-8-7-11-16(22)17(24)23(18-21-12-14-27-18)15-9-5-4-6-10-15/h12,14-16H,4-11,13H2,1-3H3. The Kier molecular flexibility index (Phi) is 6.40. The molecule has 3 rings (SSSR count). The zero-order chi connectivity index (χ0) is 19.4. The summed E-state index contributed by atoms with van der Waals surface area (Å²) < 4.78 is 5.58. The van der Waals surface area contributed by atoms with Crippen LogP contribution in [0.3, 0.4) is 0 Å². The lowest BCUT2D eigenvalue weighted by Crippen LogP contribution is -2.56. The van der Waals surface area contributed by atoms with Crippen molar-refractivity contribution in [3.8, 4) is 0 Å². The molecular weight excluding hydrogens is 362 g/mol. The van der Waals surface area contributed by atoms with Crippen LogP contribution in [0.15, 0.2) is 11.6 Å². The maximum absolute atomic E-state index is 13.6. The number of carbonyl (C=O) groups excluding carboxylic acids is 2. The molecule has 1 saturated heterocycles. The van der Waals surface area contributed by atoms with Crippen LogP contribution in [0, 0.1) is 0 Å². The second-order valence-corrected chi connectivity index (χ2v) is 9.37. The molecule has 1 aromatic rings. The molecule has 0 bridgehead atoms. The summed E-state index contributed by atoms with van der Waals surface area (Å²) in [5.41, 5.74) is -0.569. The predicted octanol–water partition coefficient (Wildman–Crippen LogP) is 4.60. The molecule has 150 valence electrons. The van der Waals surface area contributed by atoms with Crippen molar-refractivity contribution in [1.82, 2.24) is 9.88 Å². The average molecular weight is 394 g/mol. The summed E-state index contributed by atoms with van der Waals surface area (Å²) in [7, 11) is 0. The highest BCUT2D eigenvalue weighted by atomic mass is 32.1. The van der Waals surface area contributed by atoms with Gasteiger partial charge in [-0.2, -0.15) is 0 Å². The molecule has 2 amide bonds. The zero-order valence-electron chi connectivity index (χ0n) is 16.6. The highest BCUT2D eigenvalue weighted by Gasteiger charge is 2.40. The normalized spacial score (nSPS) is 21.7. The van der Waals surface area contributed by atoms with E-state index in [0.717, 1.165) is 43.7 Å². The Hall–Kier alpha value is -1.63. The number of likely N-dealkylation sites (tertiary alicyclic amines) is 1. The summed E-state index contributed by atoms with van der Waals surface area (Å²) in [4.78, 5) is 34.3. The Labute approximate surface area is 165 Å². The first-order valence-corrected chi connectivity index (χ1v) is 11.0. The number of anilines is 1. The fraction of sp³-hybridized carbons (Fsp3) is 0.750. The molecular formula is C20H31N3O3S. The quantitative estimate of drug-likeness (QED) is 0.753. The number of ether oxygens (including phenoxy) is 1. The summed E-state index contributed by atoms with van der Waals surface area (Å²) >= 11 is 1.50. The number of carbonyl (C=O) groups is 2. The molecule has 0 aromatic carbocycles. The first-order valence-electron chi connectivity index (χ1n) is 10.1. The second kappa shape index (κ2) is 8.59. The number of hydrogen-bond acceptors (Lipinski definition) is 5. The Morgan fingerprint density at radius 1 is 1.15 bits per heavy atom. The zero-order valence-corrected chi connectivity index (χ0v) is 17.5. The number of nitrogens with zero attached hydrogens (tertiary/aromatic N) is 3. The molecule has 6 nitrogen and oxygen atoms in total. The van der Waals surface area contributed by atoms with Gasteiger partial charge in [0.1, 0.15) is 11.6 Å². The number of hydrogen-bond donors (Lipinski definition) is 0. The molecule has 27 heavy (non-hydrogen) atoms. The van der Waals surface area contributed by atoms with Gasteiger partial charge in [-0.3, -0.25) is 14.6 Å². The van der Waals surface area contributed by atoms with Crippen LogP contribution in [-0.2, 0) is 9.53 Å². The second-order valence-electron chi connectivity index (χ2n) is 8.50. The highest BCUT2D eigenvalue weighted by Crippen LogP contribution is 2.32. The van der Waals surface area contributed by atoms with Crippen LogP contribution >= 0.6 is 11.3 Å². The SMILES string of the molecule is CC(C)(C)OC(=O)N1CCCCC1C(=O)N(c1nccs1)C1CCCCC1. The van der Waals surface area contributed by atoms with Gasteiger partial charge in [-0.05, 0) is 52.9 Å². The van der Waals surface area contributed by atoms with Crippen LogP contribution in [0.2, 0.25) is 0 Å². The predicted molar refractivity (Wildman–Crippen MR) is 107 cm³/mol. The van der Waals surface area contributed by atoms with Gasteiger partial charge in [-0.15, -0.1) is 11.3 Å². The van der Waals surface area contributed by atoms with Crippen molar-refractivity contribution in [2.75, 3.05) is 11.4 Å². The minimum atomic E-state index is -0.569. The molecule has 2 fully saturated rings. The Morgan fingerprint density at radius 2 is 1.85 bits per heavy atom. The summed E-state index contributed by atoms with van der Waals surface area (Å²) in [5, 5.41) is 2.66. The number of amides is 2. The van der Waals surface area contributed by atoms with Gasteiger partial charge in [-0.25, -0.2) is 9.78 Å². The lowest BCUT2D eigenvalue weighted by Gasteiger charge is -2.40. The van der Waals surface area contributed by atoms with Crippen molar-refractivity contribution in [1.29, 1.82) is 0 Å². The van der Waals surface area contributed by atoms with Crippen LogP contribution in [-0.4, -0.2) is 46.1 Å². The number of piperidine rings is 1. The van der Waals surface area contributed by atoms with E-state index >= 15 is 0 Å². The van der Waals surface area contributed by atoms with E-state index in [1.807, 2.05) is 31.1 Å². The van der Waals surface area contributed by atoms with E-state index in [1.54, 1.807) is 11.1 Å². The van der Waals surface area contributed by atoms with Crippen molar-refractivity contribution in [3.05, 3.63) is 11.6 Å². The third kappa shape index (κ3) is 5.00. The van der Waals surface area contributed by atoms with Gasteiger partial charge in [0.25, 0.3) is 5.91 Å². The number of aromatic nitrogens is 1. The van der Waals surface area contributed by atoms with Crippen molar-refractivity contribution < 1.29 is 14.3 Å². The van der Waals surface area contributed by atoms with Crippen LogP contribution in [0.4, 0.5) is 9.93 Å². The first kappa shape index (κ1) is 20.1. The van der Waals surface area contributed by atoms with Crippen LogP contribution in [0.25, 0.3) is 0 Å². The Morgan fingerprint density at radius 3 is 2.48 bits per heavy atom. The molecule has 1 saturated carbocycles. The fourth-order valence-electron chi connectivity index (χ4n) is 3.99. The molecule has 1 aliphatic heterocycles. The van der Waals surface area contributed by atoms with E-state index in [2.05, 4.69) is 4.98 Å². The molecule has 1 unspecified atom stereocenters. The van der Waals surface area contributed by atoms with E-state index in [9.17, 15) is 9.59 Å². The average Bonchev–Trinajstić information content (AvgIpc) is 3.15. The lowest BCUT2D eigenvalue weighted by molar-refractivity contribution is -0.125. The molecule has 2 aliphatic rings. The minimum absolute atomic E-state index is 0.00223. The van der Waals surface area contributed by atoms with Gasteiger partial charge in [-0.1, -0.05) is 19.3 Å². The Balaban J connectivity index is 1.83. The van der Waals surface area contributed by atoms with Crippen LogP contribution in [0.5, 0.6) is 0 Å². The minimum Gasteiger partial charge on any atom is -0.444 e. The van der Waals surface area contributed by atoms with Crippen LogP contribution in [0.1, 0.15) is 72.1 Å².